The van der Waals surface area contributed by atoms with Gasteiger partial charge in [0.05, 0.1) is 0 Å². The van der Waals surface area contributed by atoms with E-state index in [1.165, 1.54) is 36.4 Å². The SMILES string of the molecule is CSc1ccc(NC2CC(C)N(C3CC3)C2)cc1. The fourth-order valence-corrected chi connectivity index (χ4v) is 3.41. The van der Waals surface area contributed by atoms with Gasteiger partial charge in [0, 0.05) is 35.3 Å². The maximum absolute atomic E-state index is 3.68. The van der Waals surface area contributed by atoms with Gasteiger partial charge in [-0.3, -0.25) is 4.90 Å². The van der Waals surface area contributed by atoms with Crippen molar-refractivity contribution < 1.29 is 0 Å². The number of hydrogen-bond acceptors (Lipinski definition) is 3. The van der Waals surface area contributed by atoms with Gasteiger partial charge < -0.3 is 5.32 Å². The number of anilines is 1. The first-order chi connectivity index (χ1) is 8.76. The molecule has 0 amide bonds. The minimum absolute atomic E-state index is 0.626. The highest BCUT2D eigenvalue weighted by molar-refractivity contribution is 7.98. The molecule has 3 heteroatoms. The topological polar surface area (TPSA) is 15.3 Å². The molecule has 18 heavy (non-hydrogen) atoms. The molecule has 1 N–H and O–H groups in total. The van der Waals surface area contributed by atoms with Crippen molar-refractivity contribution in [1.29, 1.82) is 0 Å². The highest BCUT2D eigenvalue weighted by atomic mass is 32.2. The molecule has 2 atom stereocenters. The number of benzene rings is 1. The first kappa shape index (κ1) is 12.4. The summed E-state index contributed by atoms with van der Waals surface area (Å²) in [5.41, 5.74) is 1.27. The van der Waals surface area contributed by atoms with Gasteiger partial charge in [-0.1, -0.05) is 0 Å². The average molecular weight is 262 g/mol. The van der Waals surface area contributed by atoms with Crippen LogP contribution in [0.2, 0.25) is 0 Å². The van der Waals surface area contributed by atoms with Gasteiger partial charge in [-0.15, -0.1) is 11.8 Å². The van der Waals surface area contributed by atoms with Crippen molar-refractivity contribution in [2.75, 3.05) is 18.1 Å². The molecule has 1 saturated carbocycles. The van der Waals surface area contributed by atoms with E-state index in [0.717, 1.165) is 12.1 Å². The van der Waals surface area contributed by atoms with Crippen LogP contribution in [-0.4, -0.2) is 35.8 Å². The summed E-state index contributed by atoms with van der Waals surface area (Å²) in [6.07, 6.45) is 6.23. The van der Waals surface area contributed by atoms with E-state index in [-0.39, 0.29) is 0 Å². The average Bonchev–Trinajstić information content (AvgIpc) is 3.15. The molecule has 2 unspecified atom stereocenters. The third-order valence-corrected chi connectivity index (χ3v) is 4.84. The zero-order valence-corrected chi connectivity index (χ0v) is 12.0. The number of hydrogen-bond donors (Lipinski definition) is 1. The summed E-state index contributed by atoms with van der Waals surface area (Å²) < 4.78 is 0. The highest BCUT2D eigenvalue weighted by Gasteiger charge is 2.38. The number of thioether (sulfide) groups is 1. The summed E-state index contributed by atoms with van der Waals surface area (Å²) in [5.74, 6) is 0. The molecule has 2 aliphatic rings. The van der Waals surface area contributed by atoms with E-state index in [2.05, 4.69) is 47.7 Å². The smallest absolute Gasteiger partial charge is 0.0403 e. The second-order valence-corrected chi connectivity index (χ2v) is 6.46. The Hall–Kier alpha value is -0.670. The lowest BCUT2D eigenvalue weighted by Crippen LogP contribution is -2.30. The predicted octanol–water partition coefficient (Wildman–Crippen LogP) is 3.45. The van der Waals surface area contributed by atoms with E-state index in [1.54, 1.807) is 11.8 Å². The Morgan fingerprint density at radius 3 is 2.56 bits per heavy atom. The highest BCUT2D eigenvalue weighted by Crippen LogP contribution is 2.34. The van der Waals surface area contributed by atoms with Crippen LogP contribution in [0.4, 0.5) is 5.69 Å². The molecule has 1 aromatic carbocycles. The molecule has 0 aromatic heterocycles. The van der Waals surface area contributed by atoms with Gasteiger partial charge in [-0.25, -0.2) is 0 Å². The van der Waals surface area contributed by atoms with Crippen LogP contribution in [0.3, 0.4) is 0 Å². The second kappa shape index (κ2) is 5.14. The largest absolute Gasteiger partial charge is 0.381 e. The third-order valence-electron chi connectivity index (χ3n) is 4.10. The fraction of sp³-hybridized carbons (Fsp3) is 0.600. The molecule has 1 aliphatic carbocycles. The Labute approximate surface area is 114 Å². The van der Waals surface area contributed by atoms with Crippen molar-refractivity contribution in [3.8, 4) is 0 Å². The normalized spacial score (nSPS) is 28.6. The van der Waals surface area contributed by atoms with Gasteiger partial charge in [0.2, 0.25) is 0 Å². The van der Waals surface area contributed by atoms with E-state index in [1.807, 2.05) is 0 Å². The van der Waals surface area contributed by atoms with Crippen molar-refractivity contribution >= 4 is 17.4 Å². The molecular weight excluding hydrogens is 240 g/mol. The van der Waals surface area contributed by atoms with Crippen molar-refractivity contribution in [2.45, 2.75) is 49.2 Å². The lowest BCUT2D eigenvalue weighted by molar-refractivity contribution is 0.257. The Morgan fingerprint density at radius 1 is 1.22 bits per heavy atom. The van der Waals surface area contributed by atoms with Gasteiger partial charge >= 0.3 is 0 Å². The molecule has 1 saturated heterocycles. The molecule has 1 aliphatic heterocycles. The molecule has 0 radical (unpaired) electrons. The molecular formula is C15H22N2S. The van der Waals surface area contributed by atoms with Gasteiger partial charge in [0.1, 0.15) is 0 Å². The molecule has 0 bridgehead atoms. The number of nitrogens with one attached hydrogen (secondary N) is 1. The minimum atomic E-state index is 0.626. The van der Waals surface area contributed by atoms with Crippen LogP contribution in [0, 0.1) is 0 Å². The van der Waals surface area contributed by atoms with Gasteiger partial charge in [0.15, 0.2) is 0 Å². The fourth-order valence-electron chi connectivity index (χ4n) is 3.00. The summed E-state index contributed by atoms with van der Waals surface area (Å²) in [7, 11) is 0. The minimum Gasteiger partial charge on any atom is -0.381 e. The Morgan fingerprint density at radius 2 is 1.94 bits per heavy atom. The zero-order chi connectivity index (χ0) is 12.5. The molecule has 0 spiro atoms. The summed E-state index contributed by atoms with van der Waals surface area (Å²) in [5, 5.41) is 3.68. The molecule has 1 heterocycles. The molecule has 98 valence electrons. The molecule has 2 fully saturated rings. The first-order valence-electron chi connectivity index (χ1n) is 6.92. The number of rotatable bonds is 4. The third kappa shape index (κ3) is 2.67. The Bertz CT molecular complexity index is 399. The second-order valence-electron chi connectivity index (χ2n) is 5.58. The van der Waals surface area contributed by atoms with E-state index in [9.17, 15) is 0 Å². The van der Waals surface area contributed by atoms with E-state index >= 15 is 0 Å². The van der Waals surface area contributed by atoms with Crippen LogP contribution in [0.15, 0.2) is 29.2 Å². The van der Waals surface area contributed by atoms with Crippen LogP contribution in [0.1, 0.15) is 26.2 Å². The number of likely N-dealkylation sites (tertiary alicyclic amines) is 1. The molecule has 1 aromatic rings. The van der Waals surface area contributed by atoms with Gasteiger partial charge in [-0.05, 0) is 56.7 Å². The molecule has 3 rings (SSSR count). The van der Waals surface area contributed by atoms with E-state index in [4.69, 9.17) is 0 Å². The van der Waals surface area contributed by atoms with Crippen molar-refractivity contribution in [1.82, 2.24) is 4.90 Å². The van der Waals surface area contributed by atoms with Crippen LogP contribution >= 0.6 is 11.8 Å². The summed E-state index contributed by atoms with van der Waals surface area (Å²) in [4.78, 5) is 4.02. The van der Waals surface area contributed by atoms with Crippen LogP contribution in [0.5, 0.6) is 0 Å². The maximum atomic E-state index is 3.68. The van der Waals surface area contributed by atoms with Crippen molar-refractivity contribution in [3.63, 3.8) is 0 Å². The first-order valence-corrected chi connectivity index (χ1v) is 8.15. The Kier molecular flexibility index (Phi) is 3.53. The zero-order valence-electron chi connectivity index (χ0n) is 11.2. The van der Waals surface area contributed by atoms with Crippen LogP contribution in [0.25, 0.3) is 0 Å². The summed E-state index contributed by atoms with van der Waals surface area (Å²) in [6, 6.07) is 11.1. The Balaban J connectivity index is 1.59. The van der Waals surface area contributed by atoms with E-state index < -0.39 is 0 Å². The summed E-state index contributed by atoms with van der Waals surface area (Å²) >= 11 is 1.80. The summed E-state index contributed by atoms with van der Waals surface area (Å²) in [6.45, 7) is 3.59. The van der Waals surface area contributed by atoms with Gasteiger partial charge in [-0.2, -0.15) is 0 Å². The lowest BCUT2D eigenvalue weighted by atomic mass is 10.2. The quantitative estimate of drug-likeness (QED) is 0.837. The number of nitrogens with zero attached hydrogens (tertiary/aromatic N) is 1. The monoisotopic (exact) mass is 262 g/mol. The maximum Gasteiger partial charge on any atom is 0.0403 e. The van der Waals surface area contributed by atoms with Crippen LogP contribution < -0.4 is 5.32 Å². The predicted molar refractivity (Wildman–Crippen MR) is 79.4 cm³/mol. The van der Waals surface area contributed by atoms with Gasteiger partial charge in [0.25, 0.3) is 0 Å². The van der Waals surface area contributed by atoms with Crippen LogP contribution in [-0.2, 0) is 0 Å². The van der Waals surface area contributed by atoms with E-state index in [0.29, 0.717) is 6.04 Å². The van der Waals surface area contributed by atoms with Crippen molar-refractivity contribution in [2.24, 2.45) is 0 Å². The standard InChI is InChI=1S/C15H22N2S/c1-11-9-13(10-17(11)14-5-6-14)16-12-3-7-15(18-2)8-4-12/h3-4,7-8,11,13-14,16H,5-6,9-10H2,1-2H3. The lowest BCUT2D eigenvalue weighted by Gasteiger charge is -2.20. The molecule has 2 nitrogen and oxygen atoms in total. The van der Waals surface area contributed by atoms with Crippen molar-refractivity contribution in [3.05, 3.63) is 24.3 Å².